The summed E-state index contributed by atoms with van der Waals surface area (Å²) in [5.74, 6) is 0. The molecule has 82 valence electrons. The molecule has 0 unspecified atom stereocenters. The third kappa shape index (κ3) is 8.29. The highest BCUT2D eigenvalue weighted by Crippen LogP contribution is 2.05. The minimum absolute atomic E-state index is 1.25. The molecule has 0 aromatic carbocycles. The summed E-state index contributed by atoms with van der Waals surface area (Å²) >= 11 is 0. The van der Waals surface area contributed by atoms with Crippen LogP contribution in [0, 0.1) is 0 Å². The Kier molecular flexibility index (Phi) is 11.9. The van der Waals surface area contributed by atoms with E-state index in [1.54, 1.807) is 0 Å². The van der Waals surface area contributed by atoms with E-state index in [4.69, 9.17) is 0 Å². The predicted molar refractivity (Wildman–Crippen MR) is 63.0 cm³/mol. The zero-order valence-corrected chi connectivity index (χ0v) is 10.7. The number of quaternary nitrogens is 1. The highest BCUT2D eigenvalue weighted by molar-refractivity contribution is 4.38. The number of rotatable bonds is 6. The average molecular weight is 188 g/mol. The second kappa shape index (κ2) is 10.0. The van der Waals surface area contributed by atoms with Crippen LogP contribution in [0.4, 0.5) is 0 Å². The van der Waals surface area contributed by atoms with E-state index in [2.05, 4.69) is 27.8 Å². The fraction of sp³-hybridized carbons (Fsp3) is 1.00. The van der Waals surface area contributed by atoms with Gasteiger partial charge in [0.15, 0.2) is 0 Å². The predicted octanol–water partition coefficient (Wildman–Crippen LogP) is 3.69. The fourth-order valence-electron chi connectivity index (χ4n) is 1.28. The molecule has 0 aliphatic rings. The van der Waals surface area contributed by atoms with Gasteiger partial charge in [-0.3, -0.25) is 0 Å². The van der Waals surface area contributed by atoms with Crippen LogP contribution >= 0.6 is 0 Å². The van der Waals surface area contributed by atoms with Crippen LogP contribution in [0.5, 0.6) is 0 Å². The maximum absolute atomic E-state index is 2.36. The summed E-state index contributed by atoms with van der Waals surface area (Å²) in [5, 5.41) is 0. The molecule has 13 heavy (non-hydrogen) atoms. The van der Waals surface area contributed by atoms with E-state index in [0.29, 0.717) is 0 Å². The van der Waals surface area contributed by atoms with Gasteiger partial charge in [-0.1, -0.05) is 27.2 Å². The highest BCUT2D eigenvalue weighted by Gasteiger charge is 2.14. The van der Waals surface area contributed by atoms with Crippen molar-refractivity contribution in [2.45, 2.75) is 53.9 Å². The molecule has 0 aromatic rings. The first-order valence-corrected chi connectivity index (χ1v) is 6.02. The summed E-state index contributed by atoms with van der Waals surface area (Å²) in [5.41, 5.74) is 0. The third-order valence-electron chi connectivity index (χ3n) is 2.83. The first-order chi connectivity index (χ1) is 6.18. The van der Waals surface area contributed by atoms with Crippen molar-refractivity contribution in [2.24, 2.45) is 0 Å². The molecule has 0 saturated carbocycles. The molecule has 0 heterocycles. The van der Waals surface area contributed by atoms with Crippen molar-refractivity contribution in [3.63, 3.8) is 0 Å². The van der Waals surface area contributed by atoms with Crippen LogP contribution in [0.1, 0.15) is 53.9 Å². The largest absolute Gasteiger partial charge is 0.327 e. The van der Waals surface area contributed by atoms with Gasteiger partial charge in [-0.25, -0.2) is 0 Å². The molecule has 0 aliphatic carbocycles. The van der Waals surface area contributed by atoms with Gasteiger partial charge in [-0.2, -0.15) is 0 Å². The quantitative estimate of drug-likeness (QED) is 0.440. The molecule has 1 nitrogen and oxygen atoms in total. The van der Waals surface area contributed by atoms with Gasteiger partial charge in [-0.05, 0) is 26.7 Å². The Labute approximate surface area is 85.7 Å². The summed E-state index contributed by atoms with van der Waals surface area (Å²) in [6.45, 7) is 14.8. The van der Waals surface area contributed by atoms with Crippen molar-refractivity contribution in [3.05, 3.63) is 0 Å². The normalized spacial score (nSPS) is 10.6. The second-order valence-electron chi connectivity index (χ2n) is 3.68. The lowest BCUT2D eigenvalue weighted by molar-refractivity contribution is -0.906. The molecule has 0 amide bonds. The maximum Gasteiger partial charge on any atom is 0.0784 e. The molecule has 0 bridgehead atoms. The standard InChI is InChI=1S/C10H24N.C2H6/c1-5-8-9-10-11(4,6-2)7-3;1-2/h5-10H2,1-4H3;1-2H3/q+1;. The molecule has 0 spiro atoms. The fourth-order valence-corrected chi connectivity index (χ4v) is 1.28. The molecule has 0 saturated heterocycles. The molecule has 0 fully saturated rings. The van der Waals surface area contributed by atoms with Crippen LogP contribution in [0.2, 0.25) is 0 Å². The van der Waals surface area contributed by atoms with E-state index in [1.807, 2.05) is 13.8 Å². The van der Waals surface area contributed by atoms with E-state index in [-0.39, 0.29) is 0 Å². The summed E-state index contributed by atoms with van der Waals surface area (Å²) in [4.78, 5) is 0. The van der Waals surface area contributed by atoms with Crippen molar-refractivity contribution in [2.75, 3.05) is 26.7 Å². The number of hydrogen-bond acceptors (Lipinski definition) is 0. The SMILES string of the molecule is CC.CCCCC[N+](C)(CC)CC. The lowest BCUT2D eigenvalue weighted by Crippen LogP contribution is -2.44. The van der Waals surface area contributed by atoms with Crippen LogP contribution in [0.3, 0.4) is 0 Å². The highest BCUT2D eigenvalue weighted by atomic mass is 15.3. The molecule has 0 atom stereocenters. The zero-order chi connectivity index (χ0) is 10.7. The molecular formula is C12H30N+. The van der Waals surface area contributed by atoms with Crippen molar-refractivity contribution in [3.8, 4) is 0 Å². The van der Waals surface area contributed by atoms with E-state index in [0.717, 1.165) is 0 Å². The number of nitrogens with zero attached hydrogens (tertiary/aromatic N) is 1. The zero-order valence-electron chi connectivity index (χ0n) is 10.7. The second-order valence-corrected chi connectivity index (χ2v) is 3.68. The monoisotopic (exact) mass is 188 g/mol. The number of hydrogen-bond donors (Lipinski definition) is 0. The molecule has 0 aromatic heterocycles. The van der Waals surface area contributed by atoms with Crippen LogP contribution < -0.4 is 0 Å². The minimum Gasteiger partial charge on any atom is -0.327 e. The van der Waals surface area contributed by atoms with E-state index in [1.165, 1.54) is 43.4 Å². The molecule has 0 radical (unpaired) electrons. The van der Waals surface area contributed by atoms with Crippen molar-refractivity contribution < 1.29 is 4.48 Å². The van der Waals surface area contributed by atoms with Crippen molar-refractivity contribution in [1.82, 2.24) is 0 Å². The van der Waals surface area contributed by atoms with Gasteiger partial charge in [0.1, 0.15) is 0 Å². The molecule has 0 rings (SSSR count). The van der Waals surface area contributed by atoms with Crippen LogP contribution in [0.25, 0.3) is 0 Å². The summed E-state index contributed by atoms with van der Waals surface area (Å²) < 4.78 is 1.25. The van der Waals surface area contributed by atoms with E-state index < -0.39 is 0 Å². The summed E-state index contributed by atoms with van der Waals surface area (Å²) in [7, 11) is 2.36. The lowest BCUT2D eigenvalue weighted by Gasteiger charge is -2.32. The molecule has 0 N–H and O–H groups in total. The number of unbranched alkanes of at least 4 members (excludes halogenated alkanes) is 2. The van der Waals surface area contributed by atoms with Gasteiger partial charge in [0.25, 0.3) is 0 Å². The van der Waals surface area contributed by atoms with Gasteiger partial charge in [0.2, 0.25) is 0 Å². The van der Waals surface area contributed by atoms with Crippen molar-refractivity contribution in [1.29, 1.82) is 0 Å². The summed E-state index contributed by atoms with van der Waals surface area (Å²) in [6.07, 6.45) is 4.13. The van der Waals surface area contributed by atoms with Gasteiger partial charge in [0, 0.05) is 0 Å². The van der Waals surface area contributed by atoms with Crippen molar-refractivity contribution >= 4 is 0 Å². The van der Waals surface area contributed by atoms with E-state index in [9.17, 15) is 0 Å². The van der Waals surface area contributed by atoms with E-state index >= 15 is 0 Å². The Morgan fingerprint density at radius 1 is 0.846 bits per heavy atom. The minimum atomic E-state index is 1.25. The maximum atomic E-state index is 2.36. The van der Waals surface area contributed by atoms with Gasteiger partial charge >= 0.3 is 0 Å². The Morgan fingerprint density at radius 3 is 1.62 bits per heavy atom. The molecule has 1 heteroatoms. The topological polar surface area (TPSA) is 0 Å². The smallest absolute Gasteiger partial charge is 0.0784 e. The van der Waals surface area contributed by atoms with Gasteiger partial charge < -0.3 is 4.48 Å². The van der Waals surface area contributed by atoms with Crippen LogP contribution in [-0.2, 0) is 0 Å². The van der Waals surface area contributed by atoms with Crippen LogP contribution in [-0.4, -0.2) is 31.2 Å². The third-order valence-corrected chi connectivity index (χ3v) is 2.83. The molecule has 0 aliphatic heterocycles. The Hall–Kier alpha value is -0.0400. The van der Waals surface area contributed by atoms with Gasteiger partial charge in [-0.15, -0.1) is 0 Å². The average Bonchev–Trinajstić information content (AvgIpc) is 2.21. The Balaban J connectivity index is 0. The Morgan fingerprint density at radius 2 is 1.31 bits per heavy atom. The van der Waals surface area contributed by atoms with Crippen LogP contribution in [0.15, 0.2) is 0 Å². The molecular weight excluding hydrogens is 158 g/mol. The first kappa shape index (κ1) is 15.4. The summed E-state index contributed by atoms with van der Waals surface area (Å²) in [6, 6.07) is 0. The Bertz CT molecular complexity index is 85.1. The lowest BCUT2D eigenvalue weighted by atomic mass is 10.2. The first-order valence-electron chi connectivity index (χ1n) is 6.02. The van der Waals surface area contributed by atoms with Gasteiger partial charge in [0.05, 0.1) is 26.7 Å².